The Morgan fingerprint density at radius 2 is 2.11 bits per heavy atom. The van der Waals surface area contributed by atoms with Crippen LogP contribution >= 0.6 is 0 Å². The summed E-state index contributed by atoms with van der Waals surface area (Å²) < 4.78 is 0. The molecule has 0 bridgehead atoms. The van der Waals surface area contributed by atoms with E-state index in [2.05, 4.69) is 5.32 Å². The van der Waals surface area contributed by atoms with Crippen LogP contribution in [0.2, 0.25) is 0 Å². The summed E-state index contributed by atoms with van der Waals surface area (Å²) in [6, 6.07) is 9.78. The third kappa shape index (κ3) is 2.60. The van der Waals surface area contributed by atoms with Crippen LogP contribution in [0.3, 0.4) is 0 Å². The molecular formula is C14H18N2O2. The first kappa shape index (κ1) is 12.8. The van der Waals surface area contributed by atoms with Gasteiger partial charge >= 0.3 is 0 Å². The first-order valence-electron chi connectivity index (χ1n) is 6.15. The van der Waals surface area contributed by atoms with Crippen LogP contribution in [0, 0.1) is 5.92 Å². The highest BCUT2D eigenvalue weighted by atomic mass is 16.5. The van der Waals surface area contributed by atoms with E-state index in [1.54, 1.807) is 5.48 Å². The van der Waals surface area contributed by atoms with Crippen LogP contribution in [0.4, 0.5) is 0 Å². The molecular weight excluding hydrogens is 228 g/mol. The van der Waals surface area contributed by atoms with Gasteiger partial charge < -0.3 is 5.32 Å². The Morgan fingerprint density at radius 3 is 2.67 bits per heavy atom. The minimum Gasteiger partial charge on any atom is -0.316 e. The highest BCUT2D eigenvalue weighted by molar-refractivity contribution is 6.00. The van der Waals surface area contributed by atoms with Crippen LogP contribution in [0.25, 0.3) is 5.57 Å². The summed E-state index contributed by atoms with van der Waals surface area (Å²) in [6.45, 7) is 3.63. The Bertz CT molecular complexity index is 448. The van der Waals surface area contributed by atoms with Gasteiger partial charge in [-0.2, -0.15) is 0 Å². The van der Waals surface area contributed by atoms with Gasteiger partial charge in [-0.25, -0.2) is 5.48 Å². The molecule has 3 N–H and O–H groups in total. The van der Waals surface area contributed by atoms with Gasteiger partial charge in [0.05, 0.1) is 0 Å². The van der Waals surface area contributed by atoms with Gasteiger partial charge in [0.1, 0.15) is 0 Å². The van der Waals surface area contributed by atoms with Crippen molar-refractivity contribution >= 4 is 11.5 Å². The third-order valence-corrected chi connectivity index (χ3v) is 3.43. The molecule has 0 aromatic heterocycles. The predicted molar refractivity (Wildman–Crippen MR) is 69.9 cm³/mol. The van der Waals surface area contributed by atoms with Gasteiger partial charge in [-0.3, -0.25) is 10.0 Å². The van der Waals surface area contributed by atoms with E-state index in [1.165, 1.54) is 0 Å². The number of carbonyl (C=O) groups excluding carboxylic acids is 1. The van der Waals surface area contributed by atoms with E-state index >= 15 is 0 Å². The Hall–Kier alpha value is -1.65. The fourth-order valence-electron chi connectivity index (χ4n) is 2.47. The van der Waals surface area contributed by atoms with Crippen LogP contribution < -0.4 is 10.8 Å². The largest absolute Gasteiger partial charge is 0.316 e. The number of hydrogen-bond acceptors (Lipinski definition) is 3. The van der Waals surface area contributed by atoms with Crippen molar-refractivity contribution in [1.82, 2.24) is 10.8 Å². The van der Waals surface area contributed by atoms with E-state index in [0.29, 0.717) is 5.57 Å². The fourth-order valence-corrected chi connectivity index (χ4v) is 2.47. The molecule has 1 saturated heterocycles. The Kier molecular flexibility index (Phi) is 4.12. The van der Waals surface area contributed by atoms with Gasteiger partial charge in [-0.15, -0.1) is 0 Å². The van der Waals surface area contributed by atoms with Crippen molar-refractivity contribution < 1.29 is 10.0 Å². The quantitative estimate of drug-likeness (QED) is 0.431. The monoisotopic (exact) mass is 246 g/mol. The van der Waals surface area contributed by atoms with Gasteiger partial charge in [-0.05, 0) is 31.0 Å². The number of allylic oxidation sites excluding steroid dienone is 1. The van der Waals surface area contributed by atoms with Crippen molar-refractivity contribution in [3.05, 3.63) is 41.5 Å². The van der Waals surface area contributed by atoms with E-state index in [1.807, 2.05) is 37.3 Å². The van der Waals surface area contributed by atoms with Crippen molar-refractivity contribution in [2.45, 2.75) is 13.3 Å². The van der Waals surface area contributed by atoms with Crippen molar-refractivity contribution in [2.75, 3.05) is 13.1 Å². The molecule has 1 amide bonds. The zero-order valence-corrected chi connectivity index (χ0v) is 10.4. The van der Waals surface area contributed by atoms with E-state index in [4.69, 9.17) is 5.21 Å². The minimum atomic E-state index is -0.398. The molecule has 96 valence electrons. The maximum Gasteiger partial charge on any atom is 0.271 e. The van der Waals surface area contributed by atoms with Crippen LogP contribution in [0.1, 0.15) is 18.9 Å². The molecule has 1 aliphatic rings. The lowest BCUT2D eigenvalue weighted by molar-refractivity contribution is -0.125. The molecule has 18 heavy (non-hydrogen) atoms. The second-order valence-electron chi connectivity index (χ2n) is 4.54. The minimum absolute atomic E-state index is 0.164. The Labute approximate surface area is 107 Å². The summed E-state index contributed by atoms with van der Waals surface area (Å²) in [5, 5.41) is 12.1. The van der Waals surface area contributed by atoms with Gasteiger partial charge in [0.15, 0.2) is 0 Å². The molecule has 0 spiro atoms. The second kappa shape index (κ2) is 5.80. The fraction of sp³-hybridized carbons (Fsp3) is 0.357. The number of hydroxylamine groups is 1. The van der Waals surface area contributed by atoms with E-state index in [9.17, 15) is 4.79 Å². The summed E-state index contributed by atoms with van der Waals surface area (Å²) in [5.74, 6) is -0.234. The SMILES string of the molecule is C/C(=C(/C(=O)NO)C1CCNC1)c1ccccc1. The summed E-state index contributed by atoms with van der Waals surface area (Å²) in [7, 11) is 0. The van der Waals surface area contributed by atoms with Crippen molar-refractivity contribution in [3.63, 3.8) is 0 Å². The highest BCUT2D eigenvalue weighted by Gasteiger charge is 2.26. The molecule has 0 saturated carbocycles. The lowest BCUT2D eigenvalue weighted by atomic mass is 9.90. The van der Waals surface area contributed by atoms with Gasteiger partial charge in [0, 0.05) is 18.0 Å². The standard InChI is InChI=1S/C14H18N2O2/c1-10(11-5-3-2-4-6-11)13(14(17)16-18)12-7-8-15-9-12/h2-6,12,15,18H,7-9H2,1H3,(H,16,17)/b13-10-. The maximum atomic E-state index is 11.9. The number of rotatable bonds is 3. The topological polar surface area (TPSA) is 61.4 Å². The molecule has 1 aliphatic heterocycles. The number of nitrogens with one attached hydrogen (secondary N) is 2. The molecule has 4 nitrogen and oxygen atoms in total. The molecule has 1 unspecified atom stereocenters. The smallest absolute Gasteiger partial charge is 0.271 e. The molecule has 1 atom stereocenters. The lowest BCUT2D eigenvalue weighted by Gasteiger charge is -2.16. The third-order valence-electron chi connectivity index (χ3n) is 3.43. The van der Waals surface area contributed by atoms with Gasteiger partial charge in [0.25, 0.3) is 5.91 Å². The number of benzene rings is 1. The summed E-state index contributed by atoms with van der Waals surface area (Å²) in [4.78, 5) is 11.9. The van der Waals surface area contributed by atoms with Crippen LogP contribution in [0.15, 0.2) is 35.9 Å². The summed E-state index contributed by atoms with van der Waals surface area (Å²) >= 11 is 0. The first-order valence-corrected chi connectivity index (χ1v) is 6.15. The van der Waals surface area contributed by atoms with Crippen molar-refractivity contribution in [2.24, 2.45) is 5.92 Å². The molecule has 1 heterocycles. The average Bonchev–Trinajstić information content (AvgIpc) is 2.93. The van der Waals surface area contributed by atoms with Gasteiger partial charge in [-0.1, -0.05) is 30.3 Å². The Morgan fingerprint density at radius 1 is 1.39 bits per heavy atom. The van der Waals surface area contributed by atoms with Crippen LogP contribution in [0.5, 0.6) is 0 Å². The molecule has 0 radical (unpaired) electrons. The van der Waals surface area contributed by atoms with Crippen LogP contribution in [-0.2, 0) is 4.79 Å². The van der Waals surface area contributed by atoms with Crippen molar-refractivity contribution in [3.8, 4) is 0 Å². The number of amides is 1. The molecule has 4 heteroatoms. The molecule has 1 aromatic carbocycles. The number of hydrogen-bond donors (Lipinski definition) is 3. The van der Waals surface area contributed by atoms with Gasteiger partial charge in [0.2, 0.25) is 0 Å². The average molecular weight is 246 g/mol. The molecule has 2 rings (SSSR count). The zero-order valence-electron chi connectivity index (χ0n) is 10.4. The molecule has 1 fully saturated rings. The normalized spacial score (nSPS) is 20.4. The molecule has 0 aliphatic carbocycles. The lowest BCUT2D eigenvalue weighted by Crippen LogP contribution is -2.27. The Balaban J connectivity index is 2.40. The molecule has 1 aromatic rings. The van der Waals surface area contributed by atoms with E-state index < -0.39 is 5.91 Å². The summed E-state index contributed by atoms with van der Waals surface area (Å²) in [5.41, 5.74) is 4.39. The van der Waals surface area contributed by atoms with E-state index in [-0.39, 0.29) is 5.92 Å². The highest BCUT2D eigenvalue weighted by Crippen LogP contribution is 2.27. The first-order chi connectivity index (χ1) is 8.74. The predicted octanol–water partition coefficient (Wildman–Crippen LogP) is 1.57. The van der Waals surface area contributed by atoms with E-state index in [0.717, 1.165) is 30.6 Å². The zero-order chi connectivity index (χ0) is 13.0. The van der Waals surface area contributed by atoms with Crippen molar-refractivity contribution in [1.29, 1.82) is 0 Å². The second-order valence-corrected chi connectivity index (χ2v) is 4.54. The van der Waals surface area contributed by atoms with Crippen LogP contribution in [-0.4, -0.2) is 24.2 Å². The summed E-state index contributed by atoms with van der Waals surface area (Å²) in [6.07, 6.45) is 0.924. The maximum absolute atomic E-state index is 11.9. The number of carbonyl (C=O) groups is 1.